The molecule has 3 rings (SSSR count). The van der Waals surface area contributed by atoms with E-state index in [1.54, 1.807) is 24.3 Å². The van der Waals surface area contributed by atoms with Crippen molar-refractivity contribution in [1.29, 1.82) is 0 Å². The first kappa shape index (κ1) is 23.1. The number of hydrogen-bond acceptors (Lipinski definition) is 5. The zero-order valence-electron chi connectivity index (χ0n) is 16.6. The lowest BCUT2D eigenvalue weighted by molar-refractivity contribution is -0.140. The fraction of sp³-hybridized carbons (Fsp3) is 0.250. The second kappa shape index (κ2) is 8.86. The molecule has 8 nitrogen and oxygen atoms in total. The molecule has 0 radical (unpaired) electrons. The fourth-order valence-electron chi connectivity index (χ4n) is 3.23. The first-order valence-electron chi connectivity index (χ1n) is 9.19. The molecular weight excluding hydrogens is 465 g/mol. The summed E-state index contributed by atoms with van der Waals surface area (Å²) in [6.45, 7) is 0.723. The molecule has 1 heterocycles. The molecule has 2 aromatic rings. The summed E-state index contributed by atoms with van der Waals surface area (Å²) >= 11 is 12.0. The third kappa shape index (κ3) is 4.39. The molecular formula is C20H19Cl2N3O5S. The monoisotopic (exact) mass is 483 g/mol. The van der Waals surface area contributed by atoms with Gasteiger partial charge in [0, 0.05) is 13.6 Å². The van der Waals surface area contributed by atoms with Crippen LogP contribution >= 0.6 is 23.2 Å². The Morgan fingerprint density at radius 1 is 1.13 bits per heavy atom. The first-order chi connectivity index (χ1) is 14.6. The Balaban J connectivity index is 1.91. The van der Waals surface area contributed by atoms with Crippen molar-refractivity contribution in [3.05, 3.63) is 63.6 Å². The molecule has 0 spiro atoms. The van der Waals surface area contributed by atoms with E-state index >= 15 is 0 Å². The van der Waals surface area contributed by atoms with E-state index in [0.717, 1.165) is 0 Å². The van der Waals surface area contributed by atoms with Crippen molar-refractivity contribution < 1.29 is 22.8 Å². The maximum absolute atomic E-state index is 13.1. The number of rotatable bonds is 6. The van der Waals surface area contributed by atoms with Crippen molar-refractivity contribution in [2.24, 2.45) is 0 Å². The third-order valence-electron chi connectivity index (χ3n) is 4.94. The highest BCUT2D eigenvalue weighted by molar-refractivity contribution is 7.90. The summed E-state index contributed by atoms with van der Waals surface area (Å²) in [7, 11) is -2.74. The zero-order valence-corrected chi connectivity index (χ0v) is 19.0. The molecule has 31 heavy (non-hydrogen) atoms. The smallest absolute Gasteiger partial charge is 0.269 e. The molecule has 3 amide bonds. The van der Waals surface area contributed by atoms with E-state index in [0.29, 0.717) is 14.9 Å². The van der Waals surface area contributed by atoms with E-state index in [9.17, 15) is 22.8 Å². The Bertz CT molecular complexity index is 1170. The third-order valence-corrected chi connectivity index (χ3v) is 7.47. The number of amides is 3. The summed E-state index contributed by atoms with van der Waals surface area (Å²) in [5.74, 6) is -1.95. The fourth-order valence-corrected chi connectivity index (χ4v) is 5.07. The largest absolute Gasteiger partial charge is 0.357 e. The number of carbonyl (C=O) groups is 3. The van der Waals surface area contributed by atoms with Crippen LogP contribution in [0.25, 0.3) is 0 Å². The molecule has 164 valence electrons. The van der Waals surface area contributed by atoms with Crippen molar-refractivity contribution in [1.82, 2.24) is 14.5 Å². The molecule has 1 aliphatic rings. The van der Waals surface area contributed by atoms with Gasteiger partial charge in [0.1, 0.15) is 17.5 Å². The van der Waals surface area contributed by atoms with Crippen molar-refractivity contribution >= 4 is 50.9 Å². The number of carbonyl (C=O) groups excluding carboxylic acids is 3. The SMILES string of the molecule is CNC(=O)C(C)N(Cc1ccc(Cl)c(Cl)c1)C(=O)CN1C(=O)c2ccccc2S1(=O)=O. The lowest BCUT2D eigenvalue weighted by Gasteiger charge is -2.29. The van der Waals surface area contributed by atoms with Crippen LogP contribution in [0.2, 0.25) is 10.0 Å². The Kier molecular flexibility index (Phi) is 6.59. The van der Waals surface area contributed by atoms with E-state index in [2.05, 4.69) is 5.32 Å². The molecule has 0 aromatic heterocycles. The number of fused-ring (bicyclic) bond motifs is 1. The van der Waals surface area contributed by atoms with Gasteiger partial charge in [0.25, 0.3) is 15.9 Å². The van der Waals surface area contributed by atoms with Gasteiger partial charge in [-0.3, -0.25) is 14.4 Å². The molecule has 1 unspecified atom stereocenters. The van der Waals surface area contributed by atoms with Gasteiger partial charge < -0.3 is 10.2 Å². The molecule has 1 aliphatic heterocycles. The summed E-state index contributed by atoms with van der Waals surface area (Å²) < 4.78 is 26.1. The van der Waals surface area contributed by atoms with Crippen LogP contribution in [0.3, 0.4) is 0 Å². The maximum Gasteiger partial charge on any atom is 0.269 e. The number of sulfonamides is 1. The number of nitrogens with one attached hydrogen (secondary N) is 1. The lowest BCUT2D eigenvalue weighted by Crippen LogP contribution is -2.50. The molecule has 11 heteroatoms. The highest BCUT2D eigenvalue weighted by Gasteiger charge is 2.43. The predicted octanol–water partition coefficient (Wildman–Crippen LogP) is 2.30. The summed E-state index contributed by atoms with van der Waals surface area (Å²) in [6.07, 6.45) is 0. The highest BCUT2D eigenvalue weighted by Crippen LogP contribution is 2.30. The summed E-state index contributed by atoms with van der Waals surface area (Å²) in [5.41, 5.74) is 0.586. The second-order valence-corrected chi connectivity index (χ2v) is 9.52. The highest BCUT2D eigenvalue weighted by atomic mass is 35.5. The van der Waals surface area contributed by atoms with Gasteiger partial charge in [-0.2, -0.15) is 0 Å². The van der Waals surface area contributed by atoms with E-state index < -0.39 is 40.3 Å². The topological polar surface area (TPSA) is 104 Å². The summed E-state index contributed by atoms with van der Waals surface area (Å²) in [5, 5.41) is 3.06. The van der Waals surface area contributed by atoms with Crippen LogP contribution in [0.4, 0.5) is 0 Å². The molecule has 0 bridgehead atoms. The van der Waals surface area contributed by atoms with Gasteiger partial charge >= 0.3 is 0 Å². The molecule has 0 fully saturated rings. The number of nitrogens with zero attached hydrogens (tertiary/aromatic N) is 2. The lowest BCUT2D eigenvalue weighted by atomic mass is 10.1. The van der Waals surface area contributed by atoms with Gasteiger partial charge in [-0.25, -0.2) is 12.7 Å². The van der Waals surface area contributed by atoms with Crippen molar-refractivity contribution in [2.75, 3.05) is 13.6 Å². The van der Waals surface area contributed by atoms with Gasteiger partial charge in [-0.05, 0) is 36.8 Å². The Labute approximate surface area is 189 Å². The van der Waals surface area contributed by atoms with Gasteiger partial charge in [-0.15, -0.1) is 0 Å². The minimum Gasteiger partial charge on any atom is -0.357 e. The minimum atomic E-state index is -4.16. The molecule has 1 atom stereocenters. The second-order valence-electron chi connectivity index (χ2n) is 6.87. The van der Waals surface area contributed by atoms with Crippen LogP contribution in [0.15, 0.2) is 47.4 Å². The summed E-state index contributed by atoms with van der Waals surface area (Å²) in [4.78, 5) is 39.0. The average molecular weight is 484 g/mol. The molecule has 0 saturated heterocycles. The van der Waals surface area contributed by atoms with Gasteiger partial charge in [0.05, 0.1) is 15.6 Å². The number of hydrogen-bond donors (Lipinski definition) is 1. The van der Waals surface area contributed by atoms with Crippen LogP contribution in [-0.4, -0.2) is 55.0 Å². The molecule has 0 saturated carbocycles. The normalized spacial score (nSPS) is 15.4. The molecule has 1 N–H and O–H groups in total. The van der Waals surface area contributed by atoms with E-state index in [1.807, 2.05) is 0 Å². The first-order valence-corrected chi connectivity index (χ1v) is 11.4. The van der Waals surface area contributed by atoms with Crippen LogP contribution in [0, 0.1) is 0 Å². The van der Waals surface area contributed by atoms with Gasteiger partial charge in [0.15, 0.2) is 0 Å². The van der Waals surface area contributed by atoms with Gasteiger partial charge in [0.2, 0.25) is 11.8 Å². The van der Waals surface area contributed by atoms with Crippen LogP contribution in [0.5, 0.6) is 0 Å². The van der Waals surface area contributed by atoms with E-state index in [-0.39, 0.29) is 22.0 Å². The predicted molar refractivity (Wildman–Crippen MR) is 115 cm³/mol. The number of benzene rings is 2. The van der Waals surface area contributed by atoms with E-state index in [1.165, 1.54) is 37.1 Å². The van der Waals surface area contributed by atoms with Crippen molar-refractivity contribution in [3.8, 4) is 0 Å². The number of halogens is 2. The summed E-state index contributed by atoms with van der Waals surface area (Å²) in [6, 6.07) is 9.55. The van der Waals surface area contributed by atoms with Gasteiger partial charge in [-0.1, -0.05) is 41.4 Å². The Morgan fingerprint density at radius 2 is 1.81 bits per heavy atom. The molecule has 2 aromatic carbocycles. The zero-order chi connectivity index (χ0) is 22.9. The van der Waals surface area contributed by atoms with Crippen LogP contribution in [-0.2, 0) is 26.2 Å². The Morgan fingerprint density at radius 3 is 2.42 bits per heavy atom. The van der Waals surface area contributed by atoms with Crippen molar-refractivity contribution in [2.45, 2.75) is 24.4 Å². The van der Waals surface area contributed by atoms with Crippen LogP contribution < -0.4 is 5.32 Å². The van der Waals surface area contributed by atoms with Crippen molar-refractivity contribution in [3.63, 3.8) is 0 Å². The van der Waals surface area contributed by atoms with Crippen LogP contribution in [0.1, 0.15) is 22.8 Å². The maximum atomic E-state index is 13.1. The number of likely N-dealkylation sites (N-methyl/N-ethyl adjacent to an activating group) is 1. The Hall–Kier alpha value is -2.62. The quantitative estimate of drug-likeness (QED) is 0.678. The molecule has 0 aliphatic carbocycles. The standard InChI is InChI=1S/C20H19Cl2N3O5S/c1-12(19(27)23-2)24(10-13-7-8-15(21)16(22)9-13)18(26)11-25-20(28)14-5-3-4-6-17(14)31(25,29)30/h3-9,12H,10-11H2,1-2H3,(H,23,27). The average Bonchev–Trinajstić information content (AvgIpc) is 2.94. The van der Waals surface area contributed by atoms with E-state index in [4.69, 9.17) is 23.2 Å². The minimum absolute atomic E-state index is 0.00526.